The highest BCUT2D eigenvalue weighted by atomic mass is 79.9. The van der Waals surface area contributed by atoms with Gasteiger partial charge in [-0.3, -0.25) is 0 Å². The van der Waals surface area contributed by atoms with E-state index in [-0.39, 0.29) is 5.92 Å². The van der Waals surface area contributed by atoms with Crippen LogP contribution in [0.4, 0.5) is 0 Å². The molecule has 2 aromatic rings. The van der Waals surface area contributed by atoms with Gasteiger partial charge >= 0.3 is 0 Å². The van der Waals surface area contributed by atoms with Crippen molar-refractivity contribution in [2.24, 2.45) is 5.73 Å². The van der Waals surface area contributed by atoms with Crippen LogP contribution in [0.3, 0.4) is 0 Å². The van der Waals surface area contributed by atoms with E-state index in [0.717, 1.165) is 21.2 Å². The smallest absolute Gasteiger partial charge is 0.0870 e. The fraction of sp³-hybridized carbons (Fsp3) is 0.250. The minimum absolute atomic E-state index is 0.0881. The van der Waals surface area contributed by atoms with E-state index in [9.17, 15) is 5.11 Å². The monoisotopic (exact) mass is 319 g/mol. The number of aryl methyl sites for hydroxylation is 1. The first-order valence-corrected chi connectivity index (χ1v) is 7.11. The molecule has 0 heterocycles. The molecule has 0 aliphatic heterocycles. The minimum Gasteiger partial charge on any atom is -0.388 e. The number of aliphatic hydroxyl groups is 1. The molecular formula is C16H18BrNO. The van der Waals surface area contributed by atoms with Gasteiger partial charge < -0.3 is 10.8 Å². The van der Waals surface area contributed by atoms with Crippen molar-refractivity contribution in [3.63, 3.8) is 0 Å². The molecule has 0 radical (unpaired) electrons. The van der Waals surface area contributed by atoms with Gasteiger partial charge in [0.2, 0.25) is 0 Å². The third kappa shape index (κ3) is 3.44. The normalized spacial score (nSPS) is 14.1. The highest BCUT2D eigenvalue weighted by molar-refractivity contribution is 9.10. The summed E-state index contributed by atoms with van der Waals surface area (Å²) in [6, 6.07) is 15.9. The molecule has 2 unspecified atom stereocenters. The maximum Gasteiger partial charge on any atom is 0.0870 e. The van der Waals surface area contributed by atoms with Crippen LogP contribution in [-0.4, -0.2) is 11.7 Å². The molecule has 0 fully saturated rings. The first-order valence-electron chi connectivity index (χ1n) is 6.32. The summed E-state index contributed by atoms with van der Waals surface area (Å²) in [5, 5.41) is 10.5. The van der Waals surface area contributed by atoms with Crippen molar-refractivity contribution in [3.8, 4) is 0 Å². The molecule has 0 spiro atoms. The zero-order valence-corrected chi connectivity index (χ0v) is 12.5. The lowest BCUT2D eigenvalue weighted by Crippen LogP contribution is -2.20. The van der Waals surface area contributed by atoms with E-state index in [1.807, 2.05) is 55.5 Å². The topological polar surface area (TPSA) is 46.2 Å². The molecule has 0 saturated heterocycles. The summed E-state index contributed by atoms with van der Waals surface area (Å²) in [5.74, 6) is -0.0881. The molecule has 0 amide bonds. The second-order valence-electron chi connectivity index (χ2n) is 4.75. The number of halogens is 1. The van der Waals surface area contributed by atoms with E-state index in [0.29, 0.717) is 6.54 Å². The van der Waals surface area contributed by atoms with Gasteiger partial charge in [0.15, 0.2) is 0 Å². The standard InChI is InChI=1S/C16H18BrNO/c1-11-3-2-4-13(9-11)16(19)15(10-18)12-5-7-14(17)8-6-12/h2-9,15-16,19H,10,18H2,1H3. The first-order chi connectivity index (χ1) is 9.11. The third-order valence-corrected chi connectivity index (χ3v) is 3.85. The Kier molecular flexibility index (Phi) is 4.75. The maximum atomic E-state index is 10.5. The summed E-state index contributed by atoms with van der Waals surface area (Å²) in [5.41, 5.74) is 8.96. The van der Waals surface area contributed by atoms with Gasteiger partial charge in [-0.15, -0.1) is 0 Å². The molecule has 0 aliphatic rings. The molecule has 3 heteroatoms. The molecule has 0 bridgehead atoms. The second kappa shape index (κ2) is 6.33. The number of rotatable bonds is 4. The average Bonchev–Trinajstić information content (AvgIpc) is 2.41. The Labute approximate surface area is 122 Å². The minimum atomic E-state index is -0.578. The number of hydrogen-bond donors (Lipinski definition) is 2. The molecule has 2 aromatic carbocycles. The summed E-state index contributed by atoms with van der Waals surface area (Å²) in [6.07, 6.45) is -0.578. The lowest BCUT2D eigenvalue weighted by molar-refractivity contribution is 0.147. The molecule has 0 aliphatic carbocycles. The maximum absolute atomic E-state index is 10.5. The fourth-order valence-electron chi connectivity index (χ4n) is 2.24. The van der Waals surface area contributed by atoms with Crippen LogP contribution < -0.4 is 5.73 Å². The first kappa shape index (κ1) is 14.3. The summed E-state index contributed by atoms with van der Waals surface area (Å²) in [6.45, 7) is 2.43. The molecule has 0 aromatic heterocycles. The lowest BCUT2D eigenvalue weighted by atomic mass is 9.89. The predicted molar refractivity (Wildman–Crippen MR) is 82.1 cm³/mol. The van der Waals surface area contributed by atoms with E-state index < -0.39 is 6.10 Å². The Balaban J connectivity index is 2.28. The highest BCUT2D eigenvalue weighted by Gasteiger charge is 2.21. The Morgan fingerprint density at radius 1 is 1.11 bits per heavy atom. The van der Waals surface area contributed by atoms with Gasteiger partial charge in [-0.05, 0) is 30.2 Å². The van der Waals surface area contributed by atoms with Crippen LogP contribution in [0.15, 0.2) is 53.0 Å². The van der Waals surface area contributed by atoms with Crippen LogP contribution in [0.5, 0.6) is 0 Å². The quantitative estimate of drug-likeness (QED) is 0.905. The van der Waals surface area contributed by atoms with Gasteiger partial charge in [-0.25, -0.2) is 0 Å². The molecule has 3 N–H and O–H groups in total. The second-order valence-corrected chi connectivity index (χ2v) is 5.67. The predicted octanol–water partition coefficient (Wildman–Crippen LogP) is 3.53. The Bertz CT molecular complexity index is 539. The number of nitrogens with two attached hydrogens (primary N) is 1. The summed E-state index contributed by atoms with van der Waals surface area (Å²) in [4.78, 5) is 0. The molecular weight excluding hydrogens is 302 g/mol. The summed E-state index contributed by atoms with van der Waals surface area (Å²) < 4.78 is 1.03. The van der Waals surface area contributed by atoms with Gasteiger partial charge in [0.1, 0.15) is 0 Å². The van der Waals surface area contributed by atoms with Crippen molar-refractivity contribution < 1.29 is 5.11 Å². The van der Waals surface area contributed by atoms with Crippen LogP contribution >= 0.6 is 15.9 Å². The van der Waals surface area contributed by atoms with Crippen LogP contribution in [-0.2, 0) is 0 Å². The molecule has 2 rings (SSSR count). The van der Waals surface area contributed by atoms with Gasteiger partial charge in [0.25, 0.3) is 0 Å². The van der Waals surface area contributed by atoms with E-state index in [2.05, 4.69) is 15.9 Å². The highest BCUT2D eigenvalue weighted by Crippen LogP contribution is 2.31. The average molecular weight is 320 g/mol. The molecule has 2 nitrogen and oxygen atoms in total. The van der Waals surface area contributed by atoms with Crippen molar-refractivity contribution in [2.45, 2.75) is 18.9 Å². The molecule has 0 saturated carbocycles. The van der Waals surface area contributed by atoms with Crippen molar-refractivity contribution in [1.82, 2.24) is 0 Å². The van der Waals surface area contributed by atoms with E-state index in [1.165, 1.54) is 0 Å². The molecule has 2 atom stereocenters. The van der Waals surface area contributed by atoms with Gasteiger partial charge in [-0.2, -0.15) is 0 Å². The summed E-state index contributed by atoms with van der Waals surface area (Å²) in [7, 11) is 0. The van der Waals surface area contributed by atoms with Crippen molar-refractivity contribution in [2.75, 3.05) is 6.54 Å². The van der Waals surface area contributed by atoms with E-state index in [4.69, 9.17) is 5.73 Å². The van der Waals surface area contributed by atoms with Crippen LogP contribution in [0, 0.1) is 6.92 Å². The van der Waals surface area contributed by atoms with E-state index >= 15 is 0 Å². The van der Waals surface area contributed by atoms with Gasteiger partial charge in [-0.1, -0.05) is 57.9 Å². The van der Waals surface area contributed by atoms with Crippen molar-refractivity contribution in [1.29, 1.82) is 0 Å². The van der Waals surface area contributed by atoms with Crippen LogP contribution in [0.1, 0.15) is 28.7 Å². The Hall–Kier alpha value is -1.16. The fourth-order valence-corrected chi connectivity index (χ4v) is 2.51. The Morgan fingerprint density at radius 3 is 2.37 bits per heavy atom. The number of aliphatic hydroxyl groups excluding tert-OH is 1. The molecule has 19 heavy (non-hydrogen) atoms. The van der Waals surface area contributed by atoms with Gasteiger partial charge in [0.05, 0.1) is 6.10 Å². The lowest BCUT2D eigenvalue weighted by Gasteiger charge is -2.22. The van der Waals surface area contributed by atoms with Crippen LogP contribution in [0.2, 0.25) is 0 Å². The zero-order chi connectivity index (χ0) is 13.8. The number of benzene rings is 2. The van der Waals surface area contributed by atoms with E-state index in [1.54, 1.807) is 0 Å². The van der Waals surface area contributed by atoms with Gasteiger partial charge in [0, 0.05) is 16.9 Å². The van der Waals surface area contributed by atoms with Crippen molar-refractivity contribution in [3.05, 3.63) is 69.7 Å². The van der Waals surface area contributed by atoms with Crippen molar-refractivity contribution >= 4 is 15.9 Å². The van der Waals surface area contributed by atoms with Crippen LogP contribution in [0.25, 0.3) is 0 Å². The number of hydrogen-bond acceptors (Lipinski definition) is 2. The zero-order valence-electron chi connectivity index (χ0n) is 10.9. The largest absolute Gasteiger partial charge is 0.388 e. The SMILES string of the molecule is Cc1cccc(C(O)C(CN)c2ccc(Br)cc2)c1. The molecule has 100 valence electrons. The Morgan fingerprint density at radius 2 is 1.79 bits per heavy atom. The summed E-state index contributed by atoms with van der Waals surface area (Å²) >= 11 is 3.41. The third-order valence-electron chi connectivity index (χ3n) is 3.32.